The lowest BCUT2D eigenvalue weighted by Crippen LogP contribution is -2.18. The molecule has 16 heavy (non-hydrogen) atoms. The summed E-state index contributed by atoms with van der Waals surface area (Å²) in [4.78, 5) is 19.4. The van der Waals surface area contributed by atoms with Gasteiger partial charge in [-0.15, -0.1) is 11.3 Å². The molecule has 0 aliphatic carbocycles. The summed E-state index contributed by atoms with van der Waals surface area (Å²) in [5.74, 6) is 0. The van der Waals surface area contributed by atoms with Gasteiger partial charge in [0.15, 0.2) is 4.88 Å². The van der Waals surface area contributed by atoms with Gasteiger partial charge in [-0.3, -0.25) is 20.2 Å². The number of nitrogens with zero attached hydrogens (tertiary/aromatic N) is 2. The Labute approximate surface area is 94.8 Å². The van der Waals surface area contributed by atoms with Gasteiger partial charge in [0.25, 0.3) is 0 Å². The van der Waals surface area contributed by atoms with Gasteiger partial charge < -0.3 is 0 Å². The molecule has 0 bridgehead atoms. The zero-order valence-electron chi connectivity index (χ0n) is 8.05. The fourth-order valence-corrected chi connectivity index (χ4v) is 1.75. The summed E-state index contributed by atoms with van der Waals surface area (Å²) in [6.07, 6.45) is -1.91. The third-order valence-corrected chi connectivity index (χ3v) is 2.55. The van der Waals surface area contributed by atoms with E-state index in [0.29, 0.717) is 0 Å². The van der Waals surface area contributed by atoms with Gasteiger partial charge >= 0.3 is 6.17 Å². The van der Waals surface area contributed by atoms with Gasteiger partial charge in [-0.25, -0.2) is 0 Å². The van der Waals surface area contributed by atoms with Gasteiger partial charge in [-0.1, -0.05) is 30.3 Å². The highest BCUT2D eigenvalue weighted by atomic mass is 32.1. The van der Waals surface area contributed by atoms with E-state index in [4.69, 9.17) is 0 Å². The second-order valence-electron chi connectivity index (χ2n) is 2.73. The molecule has 0 aliphatic rings. The zero-order valence-corrected chi connectivity index (χ0v) is 8.87. The van der Waals surface area contributed by atoms with E-state index in [0.717, 1.165) is 11.3 Å². The fraction of sp³-hybridized carbons (Fsp3) is 0.111. The summed E-state index contributed by atoms with van der Waals surface area (Å²) in [7, 11) is 0. The van der Waals surface area contributed by atoms with Crippen molar-refractivity contribution in [3.63, 3.8) is 0 Å². The Balaban J connectivity index is 3.26. The fourth-order valence-electron chi connectivity index (χ4n) is 0.977. The number of hydrogen-bond donors (Lipinski definition) is 0. The van der Waals surface area contributed by atoms with Crippen LogP contribution in [0.15, 0.2) is 41.8 Å². The van der Waals surface area contributed by atoms with Crippen molar-refractivity contribution in [3.05, 3.63) is 66.9 Å². The second-order valence-corrected chi connectivity index (χ2v) is 3.71. The van der Waals surface area contributed by atoms with E-state index in [1.54, 1.807) is 29.6 Å². The molecule has 0 amide bonds. The first-order valence-electron chi connectivity index (χ1n) is 4.26. The highest BCUT2D eigenvalue weighted by Crippen LogP contribution is 2.19. The van der Waals surface area contributed by atoms with Crippen LogP contribution in [0, 0.1) is 20.2 Å². The van der Waals surface area contributed by atoms with E-state index < -0.39 is 16.0 Å². The monoisotopic (exact) mass is 240 g/mol. The maximum absolute atomic E-state index is 10.6. The summed E-state index contributed by atoms with van der Waals surface area (Å²) in [5.41, 5.74) is 0. The Morgan fingerprint density at radius 2 is 1.56 bits per heavy atom. The first kappa shape index (κ1) is 12.1. The van der Waals surface area contributed by atoms with E-state index in [9.17, 15) is 20.2 Å². The Morgan fingerprint density at radius 3 is 2.19 bits per heavy atom. The SMILES string of the molecule is O=[N+]([O-])C(c1cccccccs1)[N+](=O)[O-]. The Hall–Kier alpha value is -2.02. The molecule has 0 unspecified atom stereocenters. The van der Waals surface area contributed by atoms with Gasteiger partial charge in [0.2, 0.25) is 0 Å². The summed E-state index contributed by atoms with van der Waals surface area (Å²) in [6, 6.07) is 9.67. The molecule has 7 heteroatoms. The van der Waals surface area contributed by atoms with Gasteiger partial charge in [-0.2, -0.15) is 0 Å². The normalized spacial score (nSPS) is 9.56. The van der Waals surface area contributed by atoms with Crippen LogP contribution in [0.3, 0.4) is 0 Å². The van der Waals surface area contributed by atoms with Crippen LogP contribution in [0.4, 0.5) is 0 Å². The Kier molecular flexibility index (Phi) is 4.34. The minimum Gasteiger partial charge on any atom is -0.258 e. The van der Waals surface area contributed by atoms with E-state index in [1.807, 2.05) is 0 Å². The molecule has 1 aromatic rings. The van der Waals surface area contributed by atoms with E-state index >= 15 is 0 Å². The molecule has 0 aromatic carbocycles. The van der Waals surface area contributed by atoms with E-state index in [1.165, 1.54) is 12.1 Å². The van der Waals surface area contributed by atoms with Crippen molar-refractivity contribution in [2.75, 3.05) is 0 Å². The third-order valence-electron chi connectivity index (χ3n) is 1.64. The molecule has 0 spiro atoms. The van der Waals surface area contributed by atoms with Gasteiger partial charge in [0.05, 0.1) is 0 Å². The van der Waals surface area contributed by atoms with Crippen LogP contribution in [0.1, 0.15) is 11.0 Å². The third kappa shape index (κ3) is 3.28. The van der Waals surface area contributed by atoms with Crippen LogP contribution in [-0.2, 0) is 0 Å². The minimum atomic E-state index is -1.91. The van der Waals surface area contributed by atoms with E-state index in [-0.39, 0.29) is 4.88 Å². The zero-order chi connectivity index (χ0) is 12.0. The lowest BCUT2D eigenvalue weighted by Gasteiger charge is -1.98. The molecule has 84 valence electrons. The molecule has 0 atom stereocenters. The van der Waals surface area contributed by atoms with Crippen LogP contribution in [0.5, 0.6) is 0 Å². The standard InChI is InChI=1S/C9H8N2O4S/c12-10(13)9(11(14)15)8-6-4-2-1-3-5-7-16-8/h1-7,9H. The molecular formula is C9H8N2O4S. The van der Waals surface area contributed by atoms with Crippen molar-refractivity contribution in [2.24, 2.45) is 0 Å². The summed E-state index contributed by atoms with van der Waals surface area (Å²) in [6.45, 7) is 0. The van der Waals surface area contributed by atoms with Crippen molar-refractivity contribution in [1.82, 2.24) is 0 Å². The molecule has 1 aromatic heterocycles. The van der Waals surface area contributed by atoms with Crippen LogP contribution >= 0.6 is 11.3 Å². The minimum absolute atomic E-state index is 0.0752. The Morgan fingerprint density at radius 1 is 1.00 bits per heavy atom. The summed E-state index contributed by atoms with van der Waals surface area (Å²) in [5, 5.41) is 22.7. The quantitative estimate of drug-likeness (QED) is 0.461. The predicted octanol–water partition coefficient (Wildman–Crippen LogP) is 2.42. The largest absolute Gasteiger partial charge is 0.485 e. The maximum Gasteiger partial charge on any atom is 0.485 e. The average molecular weight is 240 g/mol. The average Bonchev–Trinajstić information content (AvgIpc) is 2.30. The van der Waals surface area contributed by atoms with Gasteiger partial charge in [-0.05, 0) is 11.4 Å². The number of nitro groups is 2. The highest BCUT2D eigenvalue weighted by Gasteiger charge is 2.34. The maximum atomic E-state index is 10.6. The van der Waals surface area contributed by atoms with Crippen molar-refractivity contribution >= 4 is 11.3 Å². The van der Waals surface area contributed by atoms with Crippen molar-refractivity contribution in [1.29, 1.82) is 0 Å². The van der Waals surface area contributed by atoms with E-state index in [2.05, 4.69) is 0 Å². The molecule has 1 rings (SSSR count). The van der Waals surface area contributed by atoms with Gasteiger partial charge in [0, 0.05) is 0 Å². The smallest absolute Gasteiger partial charge is 0.258 e. The Bertz CT molecular complexity index is 407. The molecule has 0 fully saturated rings. The molecule has 0 aliphatic heterocycles. The molecule has 0 saturated heterocycles. The summed E-state index contributed by atoms with van der Waals surface area (Å²) >= 11 is 0.970. The first-order chi connectivity index (χ1) is 7.63. The van der Waals surface area contributed by atoms with Gasteiger partial charge in [0.1, 0.15) is 9.85 Å². The molecule has 6 nitrogen and oxygen atoms in total. The predicted molar refractivity (Wildman–Crippen MR) is 58.7 cm³/mol. The van der Waals surface area contributed by atoms with Crippen molar-refractivity contribution < 1.29 is 9.85 Å². The van der Waals surface area contributed by atoms with Crippen LogP contribution in [-0.4, -0.2) is 9.85 Å². The van der Waals surface area contributed by atoms with Crippen LogP contribution in [0.25, 0.3) is 0 Å². The molecule has 1 heterocycles. The molecule has 0 radical (unpaired) electrons. The number of hydrogen-bond acceptors (Lipinski definition) is 5. The topological polar surface area (TPSA) is 86.3 Å². The highest BCUT2D eigenvalue weighted by molar-refractivity contribution is 7.09. The van der Waals surface area contributed by atoms with Crippen molar-refractivity contribution in [2.45, 2.75) is 6.17 Å². The number of rotatable bonds is 3. The molecule has 0 saturated carbocycles. The lowest BCUT2D eigenvalue weighted by atomic mass is 10.4. The molecule has 0 N–H and O–H groups in total. The lowest BCUT2D eigenvalue weighted by molar-refractivity contribution is -0.751. The first-order valence-corrected chi connectivity index (χ1v) is 5.14. The second kappa shape index (κ2) is 5.76. The van der Waals surface area contributed by atoms with Crippen LogP contribution in [0.2, 0.25) is 0 Å². The van der Waals surface area contributed by atoms with Crippen LogP contribution < -0.4 is 0 Å². The summed E-state index contributed by atoms with van der Waals surface area (Å²) < 4.78 is 0. The van der Waals surface area contributed by atoms with Crippen molar-refractivity contribution in [3.8, 4) is 0 Å². The molecular weight excluding hydrogens is 232 g/mol.